The summed E-state index contributed by atoms with van der Waals surface area (Å²) in [5.74, 6) is 0.791. The molecule has 0 atom stereocenters. The molecule has 0 aliphatic heterocycles. The van der Waals surface area contributed by atoms with Crippen LogP contribution in [-0.2, 0) is 5.75 Å². The number of benzene rings is 1. The van der Waals surface area contributed by atoms with Gasteiger partial charge in [0, 0.05) is 23.5 Å². The van der Waals surface area contributed by atoms with Crippen LogP contribution in [0.5, 0.6) is 0 Å². The zero-order valence-corrected chi connectivity index (χ0v) is 13.7. The minimum Gasteiger partial charge on any atom is -0.297 e. The van der Waals surface area contributed by atoms with E-state index in [9.17, 15) is 0 Å². The Morgan fingerprint density at radius 2 is 2.09 bits per heavy atom. The van der Waals surface area contributed by atoms with Crippen LogP contribution in [0.4, 0.5) is 0 Å². The fourth-order valence-electron chi connectivity index (χ4n) is 2.43. The monoisotopic (exact) mass is 343 g/mol. The van der Waals surface area contributed by atoms with Gasteiger partial charge in [-0.05, 0) is 12.1 Å². The van der Waals surface area contributed by atoms with E-state index in [1.54, 1.807) is 34.4 Å². The molecule has 5 nitrogen and oxygen atoms in total. The molecule has 0 bridgehead atoms. The molecule has 5 rings (SSSR count). The van der Waals surface area contributed by atoms with Gasteiger partial charge in [0.05, 0.1) is 15.9 Å². The Morgan fingerprint density at radius 3 is 3.05 bits per heavy atom. The number of hydrogen-bond donors (Lipinski definition) is 0. The lowest BCUT2D eigenvalue weighted by Gasteiger charge is -1.97. The Morgan fingerprint density at radius 1 is 1.14 bits per heavy atom. The number of hydrogen-bond acceptors (Lipinski definition) is 6. The summed E-state index contributed by atoms with van der Waals surface area (Å²) in [5, 5.41) is 11.6. The van der Waals surface area contributed by atoms with Crippen molar-refractivity contribution in [3.05, 3.63) is 47.7 Å². The van der Waals surface area contributed by atoms with Gasteiger partial charge >= 0.3 is 0 Å². The molecule has 4 aromatic heterocycles. The first-order valence-corrected chi connectivity index (χ1v) is 9.33. The third-order valence-electron chi connectivity index (χ3n) is 3.40. The Hall–Kier alpha value is -1.90. The summed E-state index contributed by atoms with van der Waals surface area (Å²) in [6.45, 7) is 0. The molecular formula is C14H9N5S3. The molecule has 0 fully saturated rings. The first-order chi connectivity index (χ1) is 10.9. The second kappa shape index (κ2) is 4.80. The topological polar surface area (TPSA) is 47.5 Å². The van der Waals surface area contributed by atoms with Crippen molar-refractivity contribution in [1.29, 1.82) is 0 Å². The van der Waals surface area contributed by atoms with Crippen molar-refractivity contribution < 1.29 is 0 Å². The first-order valence-electron chi connectivity index (χ1n) is 6.65. The smallest absolute Gasteiger partial charge is 0.217 e. The third-order valence-corrected chi connectivity index (χ3v) is 6.15. The van der Waals surface area contributed by atoms with Gasteiger partial charge in [-0.3, -0.25) is 8.80 Å². The van der Waals surface area contributed by atoms with Gasteiger partial charge in [0.1, 0.15) is 0 Å². The van der Waals surface area contributed by atoms with Gasteiger partial charge < -0.3 is 0 Å². The van der Waals surface area contributed by atoms with Crippen LogP contribution >= 0.6 is 34.4 Å². The average Bonchev–Trinajstić information content (AvgIpc) is 3.24. The summed E-state index contributed by atoms with van der Waals surface area (Å²) in [6.07, 6.45) is 4.10. The highest BCUT2D eigenvalue weighted by atomic mass is 32.2. The van der Waals surface area contributed by atoms with E-state index in [4.69, 9.17) is 0 Å². The van der Waals surface area contributed by atoms with Gasteiger partial charge in [0.15, 0.2) is 10.1 Å². The number of imidazole rings is 1. The Labute approximate surface area is 137 Å². The van der Waals surface area contributed by atoms with Gasteiger partial charge in [-0.15, -0.1) is 21.5 Å². The summed E-state index contributed by atoms with van der Waals surface area (Å²) in [6, 6.07) is 8.33. The van der Waals surface area contributed by atoms with Crippen LogP contribution in [0.2, 0.25) is 0 Å². The number of thioether (sulfide) groups is 1. The number of para-hydroxylation sites is 1. The normalized spacial score (nSPS) is 12.0. The van der Waals surface area contributed by atoms with Crippen LogP contribution in [0.25, 0.3) is 20.1 Å². The lowest BCUT2D eigenvalue weighted by Crippen LogP contribution is -1.87. The molecule has 5 aromatic rings. The molecule has 22 heavy (non-hydrogen) atoms. The van der Waals surface area contributed by atoms with E-state index in [-0.39, 0.29) is 0 Å². The van der Waals surface area contributed by atoms with Gasteiger partial charge in [0.2, 0.25) is 4.96 Å². The third kappa shape index (κ3) is 1.88. The zero-order valence-electron chi connectivity index (χ0n) is 11.2. The molecule has 0 aliphatic rings. The highest BCUT2D eigenvalue weighted by molar-refractivity contribution is 7.98. The predicted octanol–water partition coefficient (Wildman–Crippen LogP) is 3.95. The van der Waals surface area contributed by atoms with Crippen molar-refractivity contribution in [1.82, 2.24) is 24.0 Å². The summed E-state index contributed by atoms with van der Waals surface area (Å²) in [5.41, 5.74) is 2.23. The Balaban J connectivity index is 1.52. The lowest BCUT2D eigenvalue weighted by molar-refractivity contribution is 0.939. The molecular weight excluding hydrogens is 334 g/mol. The number of nitrogens with zero attached hydrogens (tertiary/aromatic N) is 5. The van der Waals surface area contributed by atoms with E-state index in [0.29, 0.717) is 0 Å². The van der Waals surface area contributed by atoms with Crippen LogP contribution in [0.15, 0.2) is 47.2 Å². The van der Waals surface area contributed by atoms with Crippen molar-refractivity contribution in [2.45, 2.75) is 10.9 Å². The molecule has 0 saturated carbocycles. The molecule has 0 spiro atoms. The molecule has 0 N–H and O–H groups in total. The zero-order chi connectivity index (χ0) is 14.5. The molecule has 0 unspecified atom stereocenters. The fourth-order valence-corrected chi connectivity index (χ4v) is 5.00. The summed E-state index contributed by atoms with van der Waals surface area (Å²) >= 11 is 4.99. The second-order valence-electron chi connectivity index (χ2n) is 4.78. The highest BCUT2D eigenvalue weighted by Crippen LogP contribution is 2.30. The van der Waals surface area contributed by atoms with Crippen LogP contribution in [0.1, 0.15) is 5.69 Å². The van der Waals surface area contributed by atoms with Crippen LogP contribution < -0.4 is 0 Å². The number of thiazole rings is 2. The van der Waals surface area contributed by atoms with Crippen LogP contribution in [0, 0.1) is 0 Å². The Bertz CT molecular complexity index is 1070. The maximum Gasteiger partial charge on any atom is 0.217 e. The minimum atomic E-state index is 0.791. The van der Waals surface area contributed by atoms with Crippen molar-refractivity contribution in [3.8, 4) is 0 Å². The fraction of sp³-hybridized carbons (Fsp3) is 0.0714. The standard InChI is InChI=1S/C14H9N5S3/c1-2-4-11-10(3-1)19-13(16-17-14(19)22-11)21-8-9-7-18-5-6-20-12(18)15-9/h1-7H,8H2. The SMILES string of the molecule is c1ccc2c(c1)sc1nnc(SCc3cn4ccsc4n3)n12. The molecule has 0 aliphatic carbocycles. The van der Waals surface area contributed by atoms with Crippen molar-refractivity contribution in [2.75, 3.05) is 0 Å². The van der Waals surface area contributed by atoms with E-state index in [1.165, 1.54) is 10.2 Å². The number of fused-ring (bicyclic) bond motifs is 4. The molecule has 108 valence electrons. The Kier molecular flexibility index (Phi) is 2.76. The van der Waals surface area contributed by atoms with Crippen molar-refractivity contribution in [3.63, 3.8) is 0 Å². The molecule has 4 heterocycles. The van der Waals surface area contributed by atoms with E-state index >= 15 is 0 Å². The maximum absolute atomic E-state index is 4.61. The summed E-state index contributed by atoms with van der Waals surface area (Å²) < 4.78 is 5.42. The molecule has 8 heteroatoms. The number of aromatic nitrogens is 5. The van der Waals surface area contributed by atoms with Crippen molar-refractivity contribution in [2.24, 2.45) is 0 Å². The molecule has 1 aromatic carbocycles. The van der Waals surface area contributed by atoms with E-state index in [1.807, 2.05) is 17.6 Å². The first kappa shape index (κ1) is 12.6. The van der Waals surface area contributed by atoms with Crippen molar-refractivity contribution >= 4 is 54.6 Å². The van der Waals surface area contributed by atoms with Crippen LogP contribution in [0.3, 0.4) is 0 Å². The van der Waals surface area contributed by atoms with E-state index in [0.717, 1.165) is 26.5 Å². The molecule has 0 saturated heterocycles. The number of rotatable bonds is 3. The van der Waals surface area contributed by atoms with Gasteiger partial charge in [-0.1, -0.05) is 35.2 Å². The van der Waals surface area contributed by atoms with Gasteiger partial charge in [-0.2, -0.15) is 0 Å². The molecule has 0 amide bonds. The summed E-state index contributed by atoms with van der Waals surface area (Å²) in [7, 11) is 0. The van der Waals surface area contributed by atoms with E-state index in [2.05, 4.69) is 48.4 Å². The van der Waals surface area contributed by atoms with E-state index < -0.39 is 0 Å². The maximum atomic E-state index is 4.61. The van der Waals surface area contributed by atoms with Gasteiger partial charge in [-0.25, -0.2) is 4.98 Å². The van der Waals surface area contributed by atoms with Gasteiger partial charge in [0.25, 0.3) is 0 Å². The van der Waals surface area contributed by atoms with Crippen LogP contribution in [-0.4, -0.2) is 24.0 Å². The lowest BCUT2D eigenvalue weighted by atomic mass is 10.3. The largest absolute Gasteiger partial charge is 0.297 e. The highest BCUT2D eigenvalue weighted by Gasteiger charge is 2.13. The minimum absolute atomic E-state index is 0.791. The second-order valence-corrected chi connectivity index (χ2v) is 7.61. The average molecular weight is 343 g/mol. The summed E-state index contributed by atoms with van der Waals surface area (Å²) in [4.78, 5) is 6.58. The molecule has 0 radical (unpaired) electrons. The quantitative estimate of drug-likeness (QED) is 0.466. The predicted molar refractivity (Wildman–Crippen MR) is 91.0 cm³/mol.